The number of carbonyl (C=O) groups is 2. The molecule has 0 spiro atoms. The largest absolute Gasteiger partial charge is 0.461 e. The molecule has 0 bridgehead atoms. The van der Waals surface area contributed by atoms with Gasteiger partial charge in [0, 0.05) is 17.7 Å². The molecule has 3 rings (SSSR count). The average Bonchev–Trinajstić information content (AvgIpc) is 3.13. The smallest absolute Gasteiger partial charge is 0.307 e. The highest BCUT2D eigenvalue weighted by Crippen LogP contribution is 2.29. The summed E-state index contributed by atoms with van der Waals surface area (Å²) in [5, 5.41) is 6.60. The zero-order chi connectivity index (χ0) is 21.5. The molecule has 3 aromatic rings. The zero-order valence-electron chi connectivity index (χ0n) is 16.9. The van der Waals surface area contributed by atoms with Crippen LogP contribution in [0.2, 0.25) is 0 Å². The van der Waals surface area contributed by atoms with Crippen molar-refractivity contribution in [2.45, 2.75) is 33.3 Å². The van der Waals surface area contributed by atoms with Crippen molar-refractivity contribution in [3.05, 3.63) is 76.9 Å². The molecule has 0 aliphatic heterocycles. The SMILES string of the molecule is CCc1noc(C)c1-c1cc(F)cc(C(=O)NCCC(=O)OCc2ccccc2)c1. The number of benzene rings is 2. The van der Waals surface area contributed by atoms with Crippen molar-refractivity contribution >= 4 is 11.9 Å². The molecule has 0 unspecified atom stereocenters. The number of aromatic nitrogens is 1. The summed E-state index contributed by atoms with van der Waals surface area (Å²) in [5.74, 6) is -0.877. The van der Waals surface area contributed by atoms with E-state index in [2.05, 4.69) is 10.5 Å². The van der Waals surface area contributed by atoms with Crippen molar-refractivity contribution in [1.29, 1.82) is 0 Å². The Morgan fingerprint density at radius 1 is 1.17 bits per heavy atom. The quantitative estimate of drug-likeness (QED) is 0.563. The molecule has 156 valence electrons. The van der Waals surface area contributed by atoms with Gasteiger partial charge in [-0.3, -0.25) is 9.59 Å². The number of aryl methyl sites for hydroxylation is 2. The van der Waals surface area contributed by atoms with E-state index >= 15 is 0 Å². The van der Waals surface area contributed by atoms with Gasteiger partial charge in [-0.05, 0) is 42.7 Å². The molecule has 30 heavy (non-hydrogen) atoms. The summed E-state index contributed by atoms with van der Waals surface area (Å²) in [6, 6.07) is 13.4. The maximum atomic E-state index is 14.2. The lowest BCUT2D eigenvalue weighted by atomic mass is 10.00. The molecule has 1 aromatic heterocycles. The Morgan fingerprint density at radius 3 is 2.67 bits per heavy atom. The lowest BCUT2D eigenvalue weighted by Gasteiger charge is -2.09. The molecule has 0 fully saturated rings. The monoisotopic (exact) mass is 410 g/mol. The van der Waals surface area contributed by atoms with Crippen LogP contribution in [0.4, 0.5) is 4.39 Å². The number of nitrogens with one attached hydrogen (secondary N) is 1. The number of carbonyl (C=O) groups excluding carboxylic acids is 2. The Bertz CT molecular complexity index is 1030. The molecular formula is C23H23FN2O4. The van der Waals surface area contributed by atoms with Gasteiger partial charge < -0.3 is 14.6 Å². The van der Waals surface area contributed by atoms with Crippen LogP contribution in [0, 0.1) is 12.7 Å². The predicted molar refractivity (Wildman–Crippen MR) is 109 cm³/mol. The van der Waals surface area contributed by atoms with Gasteiger partial charge in [-0.15, -0.1) is 0 Å². The number of amides is 1. The highest BCUT2D eigenvalue weighted by Gasteiger charge is 2.17. The van der Waals surface area contributed by atoms with Crippen LogP contribution < -0.4 is 5.32 Å². The van der Waals surface area contributed by atoms with Gasteiger partial charge in [-0.2, -0.15) is 0 Å². The maximum absolute atomic E-state index is 14.2. The molecule has 0 atom stereocenters. The second kappa shape index (κ2) is 9.82. The highest BCUT2D eigenvalue weighted by atomic mass is 19.1. The van der Waals surface area contributed by atoms with Gasteiger partial charge >= 0.3 is 5.97 Å². The Morgan fingerprint density at radius 2 is 1.93 bits per heavy atom. The van der Waals surface area contributed by atoms with E-state index in [1.165, 1.54) is 6.07 Å². The zero-order valence-corrected chi connectivity index (χ0v) is 16.9. The fourth-order valence-electron chi connectivity index (χ4n) is 3.08. The standard InChI is InChI=1S/C23H23FN2O4/c1-3-20-22(15(2)30-26-20)17-11-18(13-19(24)12-17)23(28)25-10-9-21(27)29-14-16-7-5-4-6-8-16/h4-8,11-13H,3,9-10,14H2,1-2H3,(H,25,28). The minimum Gasteiger partial charge on any atom is -0.461 e. The third-order valence-corrected chi connectivity index (χ3v) is 4.57. The third kappa shape index (κ3) is 5.31. The Hall–Kier alpha value is -3.48. The first-order valence-corrected chi connectivity index (χ1v) is 9.71. The van der Waals surface area contributed by atoms with Gasteiger partial charge in [-0.1, -0.05) is 42.4 Å². The number of halogens is 1. The molecule has 6 nitrogen and oxygen atoms in total. The molecular weight excluding hydrogens is 387 g/mol. The fraction of sp³-hybridized carbons (Fsp3) is 0.261. The number of ether oxygens (including phenoxy) is 1. The number of esters is 1. The van der Waals surface area contributed by atoms with E-state index in [9.17, 15) is 14.0 Å². The van der Waals surface area contributed by atoms with E-state index in [4.69, 9.17) is 9.26 Å². The van der Waals surface area contributed by atoms with E-state index < -0.39 is 17.7 Å². The fourth-order valence-corrected chi connectivity index (χ4v) is 3.08. The molecule has 1 amide bonds. The second-order valence-corrected chi connectivity index (χ2v) is 6.79. The Kier molecular flexibility index (Phi) is 6.95. The summed E-state index contributed by atoms with van der Waals surface area (Å²) in [7, 11) is 0. The van der Waals surface area contributed by atoms with Gasteiger partial charge in [0.05, 0.1) is 12.1 Å². The van der Waals surface area contributed by atoms with Crippen LogP contribution in [0.25, 0.3) is 11.1 Å². The summed E-state index contributed by atoms with van der Waals surface area (Å²) >= 11 is 0. The molecule has 0 radical (unpaired) electrons. The lowest BCUT2D eigenvalue weighted by Crippen LogP contribution is -2.26. The van der Waals surface area contributed by atoms with Crippen LogP contribution in [0.15, 0.2) is 53.1 Å². The first-order valence-electron chi connectivity index (χ1n) is 9.71. The van der Waals surface area contributed by atoms with Gasteiger partial charge in [-0.25, -0.2) is 4.39 Å². The maximum Gasteiger partial charge on any atom is 0.307 e. The van der Waals surface area contributed by atoms with Gasteiger partial charge in [0.15, 0.2) is 0 Å². The molecule has 7 heteroatoms. The molecule has 0 saturated carbocycles. The number of hydrogen-bond donors (Lipinski definition) is 1. The van der Waals surface area contributed by atoms with Crippen molar-refractivity contribution in [2.24, 2.45) is 0 Å². The van der Waals surface area contributed by atoms with Crippen LogP contribution in [0.5, 0.6) is 0 Å². The minimum absolute atomic E-state index is 0.0193. The van der Waals surface area contributed by atoms with Crippen LogP contribution in [0.1, 0.15) is 40.7 Å². The van der Waals surface area contributed by atoms with Gasteiger partial charge in [0.2, 0.25) is 0 Å². The number of hydrogen-bond acceptors (Lipinski definition) is 5. The van der Waals surface area contributed by atoms with Gasteiger partial charge in [0.25, 0.3) is 5.91 Å². The lowest BCUT2D eigenvalue weighted by molar-refractivity contribution is -0.144. The van der Waals surface area contributed by atoms with Gasteiger partial charge in [0.1, 0.15) is 18.2 Å². The van der Waals surface area contributed by atoms with Crippen LogP contribution in [-0.4, -0.2) is 23.6 Å². The Labute approximate surface area is 174 Å². The predicted octanol–water partition coefficient (Wildman–Crippen LogP) is 4.21. The molecule has 0 aliphatic rings. The van der Waals surface area contributed by atoms with E-state index in [1.54, 1.807) is 13.0 Å². The summed E-state index contributed by atoms with van der Waals surface area (Å²) < 4.78 is 24.5. The summed E-state index contributed by atoms with van der Waals surface area (Å²) in [6.45, 7) is 3.93. The average molecular weight is 410 g/mol. The Balaban J connectivity index is 1.58. The van der Waals surface area contributed by atoms with Crippen molar-refractivity contribution in [2.75, 3.05) is 6.54 Å². The van der Waals surface area contributed by atoms with E-state index in [-0.39, 0.29) is 25.1 Å². The summed E-state index contributed by atoms with van der Waals surface area (Å²) in [6.07, 6.45) is 0.640. The highest BCUT2D eigenvalue weighted by molar-refractivity contribution is 5.95. The normalized spacial score (nSPS) is 10.6. The molecule has 0 saturated heterocycles. The van der Waals surface area contributed by atoms with Crippen molar-refractivity contribution < 1.29 is 23.2 Å². The van der Waals surface area contributed by atoms with Crippen LogP contribution >= 0.6 is 0 Å². The number of rotatable bonds is 8. The first kappa shape index (κ1) is 21.2. The third-order valence-electron chi connectivity index (χ3n) is 4.57. The summed E-state index contributed by atoms with van der Waals surface area (Å²) in [4.78, 5) is 24.3. The van der Waals surface area contributed by atoms with Crippen LogP contribution in [-0.2, 0) is 22.6 Å². The minimum atomic E-state index is -0.539. The van der Waals surface area contributed by atoms with Crippen molar-refractivity contribution in [3.8, 4) is 11.1 Å². The van der Waals surface area contributed by atoms with E-state index in [0.717, 1.165) is 11.6 Å². The summed E-state index contributed by atoms with van der Waals surface area (Å²) in [5.41, 5.74) is 2.96. The molecule has 1 N–H and O–H groups in total. The molecule has 2 aromatic carbocycles. The first-order chi connectivity index (χ1) is 14.5. The van der Waals surface area contributed by atoms with E-state index in [0.29, 0.717) is 29.0 Å². The van der Waals surface area contributed by atoms with Crippen molar-refractivity contribution in [1.82, 2.24) is 10.5 Å². The molecule has 1 heterocycles. The second-order valence-electron chi connectivity index (χ2n) is 6.79. The van der Waals surface area contributed by atoms with E-state index in [1.807, 2.05) is 37.3 Å². The van der Waals surface area contributed by atoms with Crippen LogP contribution in [0.3, 0.4) is 0 Å². The molecule has 0 aliphatic carbocycles. The topological polar surface area (TPSA) is 81.4 Å². The number of nitrogens with zero attached hydrogens (tertiary/aromatic N) is 1. The van der Waals surface area contributed by atoms with Crippen molar-refractivity contribution in [3.63, 3.8) is 0 Å².